The molecule has 0 bridgehead atoms. The number of hydrogen-bond donors (Lipinski definition) is 0. The lowest BCUT2D eigenvalue weighted by Crippen LogP contribution is -2.49. The van der Waals surface area contributed by atoms with E-state index in [-0.39, 0.29) is 0 Å². The SMILES string of the molecule is O=S(=O)(c1ccccc1)N1CCN(CCn2cccn2)CC1. The van der Waals surface area contributed by atoms with Crippen LogP contribution in [-0.4, -0.2) is 60.1 Å². The van der Waals surface area contributed by atoms with Crippen LogP contribution in [0.25, 0.3) is 0 Å². The van der Waals surface area contributed by atoms with Crippen LogP contribution in [0.4, 0.5) is 0 Å². The molecule has 0 aliphatic carbocycles. The Bertz CT molecular complexity index is 678. The molecule has 1 fully saturated rings. The molecule has 0 N–H and O–H groups in total. The summed E-state index contributed by atoms with van der Waals surface area (Å²) in [7, 11) is -3.35. The van der Waals surface area contributed by atoms with Crippen LogP contribution >= 0.6 is 0 Å². The minimum absolute atomic E-state index is 0.375. The highest BCUT2D eigenvalue weighted by atomic mass is 32.2. The number of benzene rings is 1. The molecule has 1 aromatic heterocycles. The molecule has 118 valence electrons. The van der Waals surface area contributed by atoms with Crippen LogP contribution in [0, 0.1) is 0 Å². The Hall–Kier alpha value is -1.70. The van der Waals surface area contributed by atoms with Gasteiger partial charge in [0.15, 0.2) is 0 Å². The lowest BCUT2D eigenvalue weighted by atomic mass is 10.3. The first kappa shape index (κ1) is 15.2. The normalized spacial score (nSPS) is 17.6. The van der Waals surface area contributed by atoms with Crippen molar-refractivity contribution in [1.82, 2.24) is 19.0 Å². The van der Waals surface area contributed by atoms with E-state index in [2.05, 4.69) is 10.00 Å². The Kier molecular flexibility index (Phi) is 4.56. The van der Waals surface area contributed by atoms with Gasteiger partial charge in [-0.3, -0.25) is 9.58 Å². The van der Waals surface area contributed by atoms with Crippen molar-refractivity contribution < 1.29 is 8.42 Å². The molecule has 1 saturated heterocycles. The predicted molar refractivity (Wildman–Crippen MR) is 83.9 cm³/mol. The molecule has 7 heteroatoms. The van der Waals surface area contributed by atoms with Gasteiger partial charge >= 0.3 is 0 Å². The van der Waals surface area contributed by atoms with E-state index >= 15 is 0 Å². The Morgan fingerprint density at radius 1 is 0.955 bits per heavy atom. The molecule has 0 spiro atoms. The van der Waals surface area contributed by atoms with Crippen molar-refractivity contribution in [3.8, 4) is 0 Å². The topological polar surface area (TPSA) is 58.4 Å². The van der Waals surface area contributed by atoms with E-state index in [1.807, 2.05) is 23.0 Å². The largest absolute Gasteiger partial charge is 0.299 e. The van der Waals surface area contributed by atoms with Crippen molar-refractivity contribution in [1.29, 1.82) is 0 Å². The number of piperazine rings is 1. The van der Waals surface area contributed by atoms with Crippen LogP contribution in [0.1, 0.15) is 0 Å². The van der Waals surface area contributed by atoms with Crippen LogP contribution < -0.4 is 0 Å². The van der Waals surface area contributed by atoms with Gasteiger partial charge in [0.2, 0.25) is 10.0 Å². The number of nitrogens with zero attached hydrogens (tertiary/aromatic N) is 4. The Balaban J connectivity index is 1.55. The minimum Gasteiger partial charge on any atom is -0.299 e. The number of hydrogen-bond acceptors (Lipinski definition) is 4. The third-order valence-electron chi connectivity index (χ3n) is 3.92. The van der Waals surface area contributed by atoms with Crippen molar-refractivity contribution >= 4 is 10.0 Å². The third kappa shape index (κ3) is 3.37. The molecule has 1 aromatic carbocycles. The van der Waals surface area contributed by atoms with Gasteiger partial charge in [0.25, 0.3) is 0 Å². The molecule has 2 heterocycles. The Morgan fingerprint density at radius 3 is 2.32 bits per heavy atom. The highest BCUT2D eigenvalue weighted by molar-refractivity contribution is 7.89. The van der Waals surface area contributed by atoms with Crippen LogP contribution in [0.3, 0.4) is 0 Å². The lowest BCUT2D eigenvalue weighted by Gasteiger charge is -2.33. The van der Waals surface area contributed by atoms with E-state index in [1.54, 1.807) is 34.8 Å². The number of sulfonamides is 1. The van der Waals surface area contributed by atoms with E-state index in [9.17, 15) is 8.42 Å². The van der Waals surface area contributed by atoms with Crippen LogP contribution in [0.2, 0.25) is 0 Å². The van der Waals surface area contributed by atoms with Crippen molar-refractivity contribution in [2.75, 3.05) is 32.7 Å². The number of aromatic nitrogens is 2. The van der Waals surface area contributed by atoms with Gasteiger partial charge in [-0.2, -0.15) is 9.40 Å². The van der Waals surface area contributed by atoms with E-state index in [4.69, 9.17) is 0 Å². The van der Waals surface area contributed by atoms with Crippen molar-refractivity contribution in [2.24, 2.45) is 0 Å². The van der Waals surface area contributed by atoms with Gasteiger partial charge in [-0.05, 0) is 18.2 Å². The zero-order valence-electron chi connectivity index (χ0n) is 12.4. The van der Waals surface area contributed by atoms with E-state index < -0.39 is 10.0 Å². The van der Waals surface area contributed by atoms with Crippen molar-refractivity contribution in [3.63, 3.8) is 0 Å². The summed E-state index contributed by atoms with van der Waals surface area (Å²) in [6, 6.07) is 10.6. The molecule has 6 nitrogen and oxygen atoms in total. The summed E-state index contributed by atoms with van der Waals surface area (Å²) in [5.74, 6) is 0. The molecule has 0 radical (unpaired) electrons. The van der Waals surface area contributed by atoms with Gasteiger partial charge < -0.3 is 0 Å². The molecule has 22 heavy (non-hydrogen) atoms. The second kappa shape index (κ2) is 6.60. The van der Waals surface area contributed by atoms with Gasteiger partial charge in [-0.1, -0.05) is 18.2 Å². The summed E-state index contributed by atoms with van der Waals surface area (Å²) >= 11 is 0. The fourth-order valence-electron chi connectivity index (χ4n) is 2.61. The van der Waals surface area contributed by atoms with Gasteiger partial charge in [0, 0.05) is 45.1 Å². The van der Waals surface area contributed by atoms with Crippen LogP contribution in [0.5, 0.6) is 0 Å². The predicted octanol–water partition coefficient (Wildman–Crippen LogP) is 0.890. The summed E-state index contributed by atoms with van der Waals surface area (Å²) in [5, 5.41) is 4.18. The number of rotatable bonds is 5. The molecule has 3 rings (SSSR count). The molecule has 2 aromatic rings. The fraction of sp³-hybridized carbons (Fsp3) is 0.400. The summed E-state index contributed by atoms with van der Waals surface area (Å²) in [6.45, 7) is 4.31. The first-order chi connectivity index (χ1) is 10.7. The average molecular weight is 320 g/mol. The van der Waals surface area contributed by atoms with Gasteiger partial charge in [0.05, 0.1) is 11.4 Å². The molecule has 0 saturated carbocycles. The average Bonchev–Trinajstić information content (AvgIpc) is 3.08. The smallest absolute Gasteiger partial charge is 0.243 e. The van der Waals surface area contributed by atoms with Crippen LogP contribution in [0.15, 0.2) is 53.7 Å². The van der Waals surface area contributed by atoms with E-state index in [1.165, 1.54) is 0 Å². The first-order valence-corrected chi connectivity index (χ1v) is 8.85. The second-order valence-electron chi connectivity index (χ2n) is 5.33. The highest BCUT2D eigenvalue weighted by Crippen LogP contribution is 2.17. The van der Waals surface area contributed by atoms with Gasteiger partial charge in [-0.15, -0.1) is 0 Å². The Morgan fingerprint density at radius 2 is 1.68 bits per heavy atom. The summed E-state index contributed by atoms with van der Waals surface area (Å²) in [5.41, 5.74) is 0. The molecule has 0 atom stereocenters. The zero-order valence-corrected chi connectivity index (χ0v) is 13.2. The van der Waals surface area contributed by atoms with Crippen LogP contribution in [-0.2, 0) is 16.6 Å². The van der Waals surface area contributed by atoms with Crippen molar-refractivity contribution in [2.45, 2.75) is 11.4 Å². The monoisotopic (exact) mass is 320 g/mol. The molecular formula is C15H20N4O2S. The molecule has 0 amide bonds. The summed E-state index contributed by atoms with van der Waals surface area (Å²) in [4.78, 5) is 2.65. The zero-order chi connectivity index (χ0) is 15.4. The fourth-order valence-corrected chi connectivity index (χ4v) is 4.05. The standard InChI is InChI=1S/C15H20N4O2S/c20-22(21,15-5-2-1-3-6-15)19-13-10-17(11-14-19)9-12-18-8-4-7-16-18/h1-8H,9-14H2. The molecular weight excluding hydrogens is 300 g/mol. The Labute approximate surface area is 131 Å². The lowest BCUT2D eigenvalue weighted by molar-refractivity contribution is 0.181. The highest BCUT2D eigenvalue weighted by Gasteiger charge is 2.27. The minimum atomic E-state index is -3.35. The molecule has 0 unspecified atom stereocenters. The van der Waals surface area contributed by atoms with Gasteiger partial charge in [-0.25, -0.2) is 8.42 Å². The molecule has 1 aliphatic rings. The maximum atomic E-state index is 12.5. The van der Waals surface area contributed by atoms with E-state index in [0.717, 1.165) is 26.2 Å². The van der Waals surface area contributed by atoms with Crippen molar-refractivity contribution in [3.05, 3.63) is 48.8 Å². The maximum Gasteiger partial charge on any atom is 0.243 e. The first-order valence-electron chi connectivity index (χ1n) is 7.41. The maximum absolute atomic E-state index is 12.5. The quantitative estimate of drug-likeness (QED) is 0.821. The third-order valence-corrected chi connectivity index (χ3v) is 5.83. The van der Waals surface area contributed by atoms with Gasteiger partial charge in [0.1, 0.15) is 0 Å². The molecule has 1 aliphatic heterocycles. The van der Waals surface area contributed by atoms with E-state index in [0.29, 0.717) is 18.0 Å². The summed E-state index contributed by atoms with van der Waals surface area (Å²) in [6.07, 6.45) is 3.71. The second-order valence-corrected chi connectivity index (χ2v) is 7.27. The summed E-state index contributed by atoms with van der Waals surface area (Å²) < 4.78 is 28.5.